The lowest BCUT2D eigenvalue weighted by Crippen LogP contribution is -2.08. The summed E-state index contributed by atoms with van der Waals surface area (Å²) in [7, 11) is 0. The highest BCUT2D eigenvalue weighted by Gasteiger charge is 2.20. The summed E-state index contributed by atoms with van der Waals surface area (Å²) < 4.78 is 19.9. The van der Waals surface area contributed by atoms with Crippen molar-refractivity contribution in [3.8, 4) is 5.75 Å². The second-order valence-electron chi connectivity index (χ2n) is 4.27. The van der Waals surface area contributed by atoms with Crippen molar-refractivity contribution in [2.24, 2.45) is 0 Å². The molecule has 20 heavy (non-hydrogen) atoms. The molecule has 0 N–H and O–H groups in total. The monoisotopic (exact) mass is 336 g/mol. The van der Waals surface area contributed by atoms with Crippen LogP contribution in [0.5, 0.6) is 5.75 Å². The van der Waals surface area contributed by atoms with Gasteiger partial charge >= 0.3 is 0 Å². The Morgan fingerprint density at radius 3 is 2.65 bits per heavy atom. The molecule has 0 amide bonds. The van der Waals surface area contributed by atoms with Crippen LogP contribution < -0.4 is 4.74 Å². The highest BCUT2D eigenvalue weighted by atomic mass is 79.9. The van der Waals surface area contributed by atoms with E-state index in [9.17, 15) is 9.18 Å². The van der Waals surface area contributed by atoms with Crippen LogP contribution in [0.25, 0.3) is 0 Å². The Morgan fingerprint density at radius 2 is 1.95 bits per heavy atom. The summed E-state index contributed by atoms with van der Waals surface area (Å²) in [6.45, 7) is 2.50. The lowest BCUT2D eigenvalue weighted by Gasteiger charge is -2.11. The summed E-state index contributed by atoms with van der Waals surface area (Å²) in [4.78, 5) is 12.5. The van der Waals surface area contributed by atoms with E-state index in [2.05, 4.69) is 15.9 Å². The third kappa shape index (κ3) is 3.07. The van der Waals surface area contributed by atoms with Crippen LogP contribution in [-0.4, -0.2) is 12.4 Å². The Kier molecular flexibility index (Phi) is 4.90. The van der Waals surface area contributed by atoms with Crippen molar-refractivity contribution in [3.63, 3.8) is 0 Å². The number of hydrogen-bond acceptors (Lipinski definition) is 2. The maximum Gasteiger partial charge on any atom is 0.200 e. The smallest absolute Gasteiger partial charge is 0.200 e. The number of para-hydroxylation sites is 1. The first-order valence-electron chi connectivity index (χ1n) is 6.35. The standard InChI is InChI=1S/C16H14BrFO2/c1-2-10-20-14-9-4-3-6-11(14)16(19)15-12(17)7-5-8-13(15)18/h3-9H,2,10H2,1H3. The molecular formula is C16H14BrFO2. The zero-order valence-electron chi connectivity index (χ0n) is 11.0. The minimum atomic E-state index is -0.547. The highest BCUT2D eigenvalue weighted by molar-refractivity contribution is 9.10. The number of ketones is 1. The van der Waals surface area contributed by atoms with E-state index in [1.807, 2.05) is 6.92 Å². The predicted molar refractivity (Wildman–Crippen MR) is 79.8 cm³/mol. The first kappa shape index (κ1) is 14.7. The van der Waals surface area contributed by atoms with Crippen molar-refractivity contribution in [1.29, 1.82) is 0 Å². The minimum Gasteiger partial charge on any atom is -0.493 e. The Hall–Kier alpha value is -1.68. The van der Waals surface area contributed by atoms with Crippen LogP contribution in [-0.2, 0) is 0 Å². The number of rotatable bonds is 5. The molecule has 0 saturated carbocycles. The lowest BCUT2D eigenvalue weighted by molar-refractivity contribution is 0.103. The molecule has 0 heterocycles. The molecular weight excluding hydrogens is 323 g/mol. The summed E-state index contributed by atoms with van der Waals surface area (Å²) in [5.41, 5.74) is 0.395. The van der Waals surface area contributed by atoms with E-state index in [-0.39, 0.29) is 11.3 Å². The van der Waals surface area contributed by atoms with E-state index in [1.54, 1.807) is 36.4 Å². The third-order valence-corrected chi connectivity index (χ3v) is 3.44. The summed E-state index contributed by atoms with van der Waals surface area (Å²) >= 11 is 3.22. The van der Waals surface area contributed by atoms with E-state index < -0.39 is 5.82 Å². The van der Waals surface area contributed by atoms with Gasteiger partial charge in [0, 0.05) is 4.47 Å². The van der Waals surface area contributed by atoms with Gasteiger partial charge in [0.15, 0.2) is 0 Å². The van der Waals surface area contributed by atoms with Gasteiger partial charge in [-0.2, -0.15) is 0 Å². The second kappa shape index (κ2) is 6.66. The quantitative estimate of drug-likeness (QED) is 0.745. The van der Waals surface area contributed by atoms with Crippen LogP contribution in [0.2, 0.25) is 0 Å². The van der Waals surface area contributed by atoms with Crippen molar-refractivity contribution in [1.82, 2.24) is 0 Å². The molecule has 0 bridgehead atoms. The van der Waals surface area contributed by atoms with Gasteiger partial charge in [0.25, 0.3) is 0 Å². The number of carbonyl (C=O) groups is 1. The molecule has 0 spiro atoms. The fraction of sp³-hybridized carbons (Fsp3) is 0.188. The average Bonchev–Trinajstić information content (AvgIpc) is 2.45. The molecule has 0 aliphatic rings. The minimum absolute atomic E-state index is 0.0278. The summed E-state index contributed by atoms with van der Waals surface area (Å²) in [6, 6.07) is 11.4. The molecule has 0 fully saturated rings. The van der Waals surface area contributed by atoms with Crippen molar-refractivity contribution in [3.05, 3.63) is 63.9 Å². The zero-order chi connectivity index (χ0) is 14.5. The molecule has 2 aromatic rings. The van der Waals surface area contributed by atoms with Gasteiger partial charge in [-0.15, -0.1) is 0 Å². The zero-order valence-corrected chi connectivity index (χ0v) is 12.6. The van der Waals surface area contributed by atoms with Gasteiger partial charge in [-0.25, -0.2) is 4.39 Å². The Balaban J connectivity index is 2.43. The molecule has 0 aliphatic carbocycles. The Bertz CT molecular complexity index is 605. The fourth-order valence-electron chi connectivity index (χ4n) is 1.84. The molecule has 0 radical (unpaired) electrons. The van der Waals surface area contributed by atoms with Crippen LogP contribution in [0.4, 0.5) is 4.39 Å². The number of benzene rings is 2. The summed E-state index contributed by atoms with van der Waals surface area (Å²) in [5.74, 6) is -0.453. The van der Waals surface area contributed by atoms with Crippen molar-refractivity contribution >= 4 is 21.7 Å². The first-order chi connectivity index (χ1) is 9.65. The average molecular weight is 337 g/mol. The normalized spacial score (nSPS) is 10.3. The van der Waals surface area contributed by atoms with Gasteiger partial charge in [-0.1, -0.05) is 25.1 Å². The van der Waals surface area contributed by atoms with Crippen molar-refractivity contribution in [2.45, 2.75) is 13.3 Å². The molecule has 0 aromatic heterocycles. The van der Waals surface area contributed by atoms with Crippen LogP contribution >= 0.6 is 15.9 Å². The van der Waals surface area contributed by atoms with Crippen LogP contribution in [0, 0.1) is 5.82 Å². The lowest BCUT2D eigenvalue weighted by atomic mass is 10.0. The number of halogens is 2. The van der Waals surface area contributed by atoms with Crippen molar-refractivity contribution in [2.75, 3.05) is 6.61 Å². The molecule has 0 saturated heterocycles. The molecule has 2 nitrogen and oxygen atoms in total. The maximum absolute atomic E-state index is 13.9. The van der Waals surface area contributed by atoms with E-state index >= 15 is 0 Å². The van der Waals surface area contributed by atoms with E-state index in [1.165, 1.54) is 6.07 Å². The second-order valence-corrected chi connectivity index (χ2v) is 5.12. The van der Waals surface area contributed by atoms with Crippen LogP contribution in [0.1, 0.15) is 29.3 Å². The van der Waals surface area contributed by atoms with E-state index in [0.29, 0.717) is 22.4 Å². The Morgan fingerprint density at radius 1 is 1.20 bits per heavy atom. The molecule has 2 aromatic carbocycles. The van der Waals surface area contributed by atoms with Gasteiger partial charge in [0.05, 0.1) is 17.7 Å². The molecule has 0 unspecified atom stereocenters. The third-order valence-electron chi connectivity index (χ3n) is 2.78. The summed E-state index contributed by atoms with van der Waals surface area (Å²) in [5, 5.41) is 0. The molecule has 0 atom stereocenters. The topological polar surface area (TPSA) is 26.3 Å². The molecule has 104 valence electrons. The SMILES string of the molecule is CCCOc1ccccc1C(=O)c1c(F)cccc1Br. The van der Waals surface area contributed by atoms with Crippen LogP contribution in [0.15, 0.2) is 46.9 Å². The molecule has 0 aliphatic heterocycles. The van der Waals surface area contributed by atoms with Crippen LogP contribution in [0.3, 0.4) is 0 Å². The fourth-order valence-corrected chi connectivity index (χ4v) is 2.36. The molecule has 2 rings (SSSR count). The van der Waals surface area contributed by atoms with Gasteiger partial charge in [0.1, 0.15) is 11.6 Å². The predicted octanol–water partition coefficient (Wildman–Crippen LogP) is 4.61. The Labute approximate surface area is 125 Å². The maximum atomic E-state index is 13.9. The van der Waals surface area contributed by atoms with Gasteiger partial charge in [-0.05, 0) is 46.6 Å². The number of ether oxygens (including phenoxy) is 1. The molecule has 4 heteroatoms. The van der Waals surface area contributed by atoms with Gasteiger partial charge in [0.2, 0.25) is 5.78 Å². The van der Waals surface area contributed by atoms with Crippen molar-refractivity contribution < 1.29 is 13.9 Å². The first-order valence-corrected chi connectivity index (χ1v) is 7.15. The van der Waals surface area contributed by atoms with Gasteiger partial charge in [-0.3, -0.25) is 4.79 Å². The summed E-state index contributed by atoms with van der Waals surface area (Å²) in [6.07, 6.45) is 0.839. The van der Waals surface area contributed by atoms with E-state index in [4.69, 9.17) is 4.74 Å². The van der Waals surface area contributed by atoms with E-state index in [0.717, 1.165) is 6.42 Å². The largest absolute Gasteiger partial charge is 0.493 e. The number of hydrogen-bond donors (Lipinski definition) is 0. The van der Waals surface area contributed by atoms with Gasteiger partial charge < -0.3 is 4.74 Å². The highest BCUT2D eigenvalue weighted by Crippen LogP contribution is 2.27. The number of carbonyl (C=O) groups excluding carboxylic acids is 1.